The molecule has 20 heavy (non-hydrogen) atoms. The second kappa shape index (κ2) is 5.12. The zero-order valence-electron chi connectivity index (χ0n) is 11.8. The van der Waals surface area contributed by atoms with E-state index in [1.54, 1.807) is 44.3 Å². The van der Waals surface area contributed by atoms with Crippen molar-refractivity contribution in [3.8, 4) is 0 Å². The van der Waals surface area contributed by atoms with E-state index >= 15 is 0 Å². The molecule has 0 unspecified atom stereocenters. The Hall–Kier alpha value is -1.50. The van der Waals surface area contributed by atoms with Crippen LogP contribution in [0.4, 0.5) is 0 Å². The van der Waals surface area contributed by atoms with Gasteiger partial charge in [0.25, 0.3) is 0 Å². The maximum Gasteiger partial charge on any atom is 0.241 e. The Morgan fingerprint density at radius 3 is 2.65 bits per heavy atom. The van der Waals surface area contributed by atoms with Gasteiger partial charge < -0.3 is 5.73 Å². The number of hydrogen-bond acceptors (Lipinski definition) is 4. The largest absolute Gasteiger partial charge is 0.329 e. The summed E-state index contributed by atoms with van der Waals surface area (Å²) >= 11 is 0. The number of aromatic nitrogens is 1. The van der Waals surface area contributed by atoms with E-state index in [9.17, 15) is 8.42 Å². The fourth-order valence-electron chi connectivity index (χ4n) is 1.98. The number of nitrogens with one attached hydrogen (secondary N) is 1. The predicted octanol–water partition coefficient (Wildman–Crippen LogP) is 1.56. The zero-order valence-corrected chi connectivity index (χ0v) is 12.7. The third-order valence-corrected chi connectivity index (χ3v) is 4.90. The molecular weight excluding hydrogens is 274 g/mol. The quantitative estimate of drug-likeness (QED) is 0.896. The highest BCUT2D eigenvalue weighted by molar-refractivity contribution is 7.89. The van der Waals surface area contributed by atoms with Crippen molar-refractivity contribution < 1.29 is 8.42 Å². The van der Waals surface area contributed by atoms with Gasteiger partial charge in [0.05, 0.1) is 10.4 Å². The van der Waals surface area contributed by atoms with Crippen molar-refractivity contribution in [2.45, 2.75) is 31.2 Å². The molecule has 0 bridgehead atoms. The summed E-state index contributed by atoms with van der Waals surface area (Å²) in [6.45, 7) is 5.62. The lowest BCUT2D eigenvalue weighted by Crippen LogP contribution is -2.48. The Labute approximate surface area is 119 Å². The smallest absolute Gasteiger partial charge is 0.241 e. The maximum atomic E-state index is 12.5. The number of benzene rings is 1. The molecule has 1 aromatic heterocycles. The minimum absolute atomic E-state index is 0.217. The van der Waals surface area contributed by atoms with Gasteiger partial charge in [0.15, 0.2) is 0 Å². The molecule has 0 fully saturated rings. The van der Waals surface area contributed by atoms with Crippen LogP contribution in [0.5, 0.6) is 0 Å². The Morgan fingerprint density at radius 2 is 2.00 bits per heavy atom. The Balaban J connectivity index is 2.61. The number of sulfonamides is 1. The molecule has 0 aliphatic carbocycles. The molecular formula is C14H19N3O2S. The van der Waals surface area contributed by atoms with E-state index in [4.69, 9.17) is 5.73 Å². The van der Waals surface area contributed by atoms with Gasteiger partial charge in [0.2, 0.25) is 10.0 Å². The first kappa shape index (κ1) is 14.9. The number of rotatable bonds is 4. The van der Waals surface area contributed by atoms with Crippen LogP contribution in [-0.2, 0) is 10.0 Å². The Morgan fingerprint density at radius 1 is 1.30 bits per heavy atom. The predicted molar refractivity (Wildman–Crippen MR) is 79.9 cm³/mol. The summed E-state index contributed by atoms with van der Waals surface area (Å²) in [7, 11) is -3.64. The van der Waals surface area contributed by atoms with Gasteiger partial charge in [-0.05, 0) is 44.5 Å². The molecule has 0 saturated carbocycles. The highest BCUT2D eigenvalue weighted by Crippen LogP contribution is 2.24. The van der Waals surface area contributed by atoms with Crippen LogP contribution >= 0.6 is 0 Å². The van der Waals surface area contributed by atoms with Crippen molar-refractivity contribution in [2.75, 3.05) is 6.54 Å². The zero-order chi connectivity index (χ0) is 15.0. The first-order valence-corrected chi connectivity index (χ1v) is 7.83. The number of aryl methyl sites for hydroxylation is 1. The first-order chi connectivity index (χ1) is 9.27. The van der Waals surface area contributed by atoms with E-state index in [1.807, 2.05) is 6.92 Å². The average molecular weight is 293 g/mol. The van der Waals surface area contributed by atoms with Crippen LogP contribution in [0.1, 0.15) is 19.4 Å². The van der Waals surface area contributed by atoms with Crippen molar-refractivity contribution in [1.29, 1.82) is 0 Å². The highest BCUT2D eigenvalue weighted by atomic mass is 32.2. The van der Waals surface area contributed by atoms with Crippen LogP contribution in [0.25, 0.3) is 10.9 Å². The first-order valence-electron chi connectivity index (χ1n) is 6.35. The fourth-order valence-corrected chi connectivity index (χ4v) is 3.60. The number of fused-ring (bicyclic) bond motifs is 1. The van der Waals surface area contributed by atoms with E-state index in [2.05, 4.69) is 9.71 Å². The molecule has 0 amide bonds. The molecule has 0 radical (unpaired) electrons. The molecule has 3 N–H and O–H groups in total. The summed E-state index contributed by atoms with van der Waals surface area (Å²) in [5, 5.41) is 0.618. The number of nitrogens with zero attached hydrogens (tertiary/aromatic N) is 1. The van der Waals surface area contributed by atoms with Crippen molar-refractivity contribution in [3.63, 3.8) is 0 Å². The monoisotopic (exact) mass is 293 g/mol. The molecule has 0 atom stereocenters. The minimum atomic E-state index is -3.64. The molecule has 6 heteroatoms. The van der Waals surface area contributed by atoms with Crippen LogP contribution in [0, 0.1) is 6.92 Å². The third-order valence-electron chi connectivity index (χ3n) is 3.14. The lowest BCUT2D eigenvalue weighted by atomic mass is 10.1. The van der Waals surface area contributed by atoms with Crippen LogP contribution in [-0.4, -0.2) is 25.5 Å². The Kier molecular flexibility index (Phi) is 3.82. The van der Waals surface area contributed by atoms with Crippen molar-refractivity contribution >= 4 is 20.9 Å². The van der Waals surface area contributed by atoms with Crippen LogP contribution in [0.3, 0.4) is 0 Å². The summed E-state index contributed by atoms with van der Waals surface area (Å²) in [4.78, 5) is 4.48. The number of pyridine rings is 1. The van der Waals surface area contributed by atoms with Gasteiger partial charge in [-0.15, -0.1) is 0 Å². The summed E-state index contributed by atoms with van der Waals surface area (Å²) in [5.74, 6) is 0. The molecule has 0 aliphatic rings. The van der Waals surface area contributed by atoms with Crippen molar-refractivity contribution in [3.05, 3.63) is 36.0 Å². The van der Waals surface area contributed by atoms with Crippen molar-refractivity contribution in [2.24, 2.45) is 5.73 Å². The molecule has 0 aliphatic heterocycles. The molecule has 2 aromatic rings. The fraction of sp³-hybridized carbons (Fsp3) is 0.357. The molecule has 0 spiro atoms. The van der Waals surface area contributed by atoms with E-state index in [1.165, 1.54) is 0 Å². The normalized spacial score (nSPS) is 12.8. The molecule has 5 nitrogen and oxygen atoms in total. The second-order valence-electron chi connectivity index (χ2n) is 5.47. The summed E-state index contributed by atoms with van der Waals surface area (Å²) in [6.07, 6.45) is 1.66. The lowest BCUT2D eigenvalue weighted by Gasteiger charge is -2.24. The molecule has 2 rings (SSSR count). The number of nitrogens with two attached hydrogens (primary N) is 1. The topological polar surface area (TPSA) is 85.1 Å². The lowest BCUT2D eigenvalue weighted by molar-refractivity contribution is 0.463. The summed E-state index contributed by atoms with van der Waals surface area (Å²) in [5.41, 5.74) is 6.53. The summed E-state index contributed by atoms with van der Waals surface area (Å²) < 4.78 is 27.7. The summed E-state index contributed by atoms with van der Waals surface area (Å²) in [6, 6.07) is 6.86. The van der Waals surface area contributed by atoms with Crippen molar-refractivity contribution in [1.82, 2.24) is 9.71 Å². The standard InChI is InChI=1S/C14H19N3O2S/c1-10-6-7-12(11-5-4-8-16-13(10)11)20(18,19)17-14(2,3)9-15/h4-8,17H,9,15H2,1-3H3. The van der Waals surface area contributed by atoms with E-state index < -0.39 is 15.6 Å². The third kappa shape index (κ3) is 2.82. The van der Waals surface area contributed by atoms with Gasteiger partial charge in [0, 0.05) is 23.7 Å². The van der Waals surface area contributed by atoms with Crippen LogP contribution < -0.4 is 10.5 Å². The minimum Gasteiger partial charge on any atom is -0.329 e. The Bertz CT molecular complexity index is 739. The van der Waals surface area contributed by atoms with Gasteiger partial charge in [0.1, 0.15) is 0 Å². The average Bonchev–Trinajstić information content (AvgIpc) is 2.38. The van der Waals surface area contributed by atoms with Crippen LogP contribution in [0.2, 0.25) is 0 Å². The molecule has 0 saturated heterocycles. The van der Waals surface area contributed by atoms with E-state index in [-0.39, 0.29) is 11.4 Å². The van der Waals surface area contributed by atoms with E-state index in [0.717, 1.165) is 5.56 Å². The molecule has 1 aromatic carbocycles. The second-order valence-corrected chi connectivity index (χ2v) is 7.12. The molecule has 1 heterocycles. The van der Waals surface area contributed by atoms with Gasteiger partial charge in [-0.3, -0.25) is 4.98 Å². The van der Waals surface area contributed by atoms with Crippen LogP contribution in [0.15, 0.2) is 35.4 Å². The highest BCUT2D eigenvalue weighted by Gasteiger charge is 2.26. The number of hydrogen-bond donors (Lipinski definition) is 2. The van der Waals surface area contributed by atoms with Gasteiger partial charge >= 0.3 is 0 Å². The van der Waals surface area contributed by atoms with Gasteiger partial charge in [-0.2, -0.15) is 0 Å². The SMILES string of the molecule is Cc1ccc(S(=O)(=O)NC(C)(C)CN)c2cccnc12. The van der Waals surface area contributed by atoms with Gasteiger partial charge in [-0.25, -0.2) is 13.1 Å². The van der Waals surface area contributed by atoms with E-state index in [0.29, 0.717) is 10.9 Å². The maximum absolute atomic E-state index is 12.5. The molecule has 108 valence electrons. The van der Waals surface area contributed by atoms with Gasteiger partial charge in [-0.1, -0.05) is 6.07 Å².